The van der Waals surface area contributed by atoms with Gasteiger partial charge in [-0.1, -0.05) is 18.2 Å². The molecule has 0 spiro atoms. The summed E-state index contributed by atoms with van der Waals surface area (Å²) in [6.45, 7) is 1.55. The number of carbonyl (C=O) groups is 3. The summed E-state index contributed by atoms with van der Waals surface area (Å²) in [7, 11) is -4.55. The summed E-state index contributed by atoms with van der Waals surface area (Å²) in [5, 5.41) is 0. The van der Waals surface area contributed by atoms with Crippen molar-refractivity contribution in [2.45, 2.75) is 30.5 Å². The van der Waals surface area contributed by atoms with Gasteiger partial charge in [0.25, 0.3) is 0 Å². The van der Waals surface area contributed by atoms with Gasteiger partial charge in [0.1, 0.15) is 0 Å². The third-order valence-corrected chi connectivity index (χ3v) is 5.26. The molecular weight excluding hydrogens is 435 g/mol. The number of hydrogen-bond acceptors (Lipinski definition) is 8. The Balaban J connectivity index is 3.84. The highest BCUT2D eigenvalue weighted by molar-refractivity contribution is 7.89. The minimum atomic E-state index is -5.81. The topological polar surface area (TPSA) is 125 Å². The van der Waals surface area contributed by atoms with Gasteiger partial charge in [0.2, 0.25) is 15.6 Å². The molecule has 1 aromatic rings. The molecule has 0 aliphatic heterocycles. The zero-order chi connectivity index (χ0) is 23.2. The molecule has 9 nitrogen and oxygen atoms in total. The molecule has 168 valence electrons. The lowest BCUT2D eigenvalue weighted by Gasteiger charge is -2.36. The van der Waals surface area contributed by atoms with E-state index in [4.69, 9.17) is 0 Å². The van der Waals surface area contributed by atoms with Crippen molar-refractivity contribution in [2.75, 3.05) is 20.3 Å². The van der Waals surface area contributed by atoms with Crippen molar-refractivity contribution in [3.63, 3.8) is 0 Å². The maximum absolute atomic E-state index is 14.3. The predicted octanol–water partition coefficient (Wildman–Crippen LogP) is 1.18. The van der Waals surface area contributed by atoms with Gasteiger partial charge < -0.3 is 14.2 Å². The Morgan fingerprint density at radius 2 is 1.47 bits per heavy atom. The quantitative estimate of drug-likeness (QED) is 0.334. The van der Waals surface area contributed by atoms with Gasteiger partial charge in [-0.25, -0.2) is 13.2 Å². The highest BCUT2D eigenvalue weighted by atomic mass is 32.2. The van der Waals surface area contributed by atoms with E-state index >= 15 is 0 Å². The summed E-state index contributed by atoms with van der Waals surface area (Å²) in [6.07, 6.45) is -5.81. The fraction of sp³-hybridized carbons (Fsp3) is 0.471. The van der Waals surface area contributed by atoms with Gasteiger partial charge in [-0.15, -0.1) is 0 Å². The number of hydrogen-bond donors (Lipinski definition) is 1. The molecule has 1 rings (SSSR count). The van der Waals surface area contributed by atoms with Crippen LogP contribution in [-0.2, 0) is 38.6 Å². The van der Waals surface area contributed by atoms with Crippen LogP contribution in [0.2, 0.25) is 0 Å². The van der Waals surface area contributed by atoms with E-state index in [1.54, 1.807) is 0 Å². The number of benzene rings is 1. The molecule has 0 aliphatic rings. The molecule has 1 atom stereocenters. The molecule has 0 saturated carbocycles. The number of esters is 3. The fourth-order valence-electron chi connectivity index (χ4n) is 2.49. The van der Waals surface area contributed by atoms with E-state index in [0.717, 1.165) is 16.9 Å². The Labute approximate surface area is 170 Å². The Morgan fingerprint density at radius 1 is 1.00 bits per heavy atom. The molecule has 0 heterocycles. The van der Waals surface area contributed by atoms with Crippen molar-refractivity contribution in [2.24, 2.45) is 5.92 Å². The zero-order valence-corrected chi connectivity index (χ0v) is 17.0. The van der Waals surface area contributed by atoms with E-state index in [-0.39, 0.29) is 0 Å². The molecule has 0 saturated heterocycles. The van der Waals surface area contributed by atoms with Crippen LogP contribution in [0.1, 0.15) is 13.8 Å². The largest absolute Gasteiger partial charge is 0.467 e. The molecule has 1 N–H and O–H groups in total. The van der Waals surface area contributed by atoms with Crippen molar-refractivity contribution < 1.29 is 50.2 Å². The lowest BCUT2D eigenvalue weighted by atomic mass is 9.83. The van der Waals surface area contributed by atoms with Gasteiger partial charge in [-0.3, -0.25) is 9.59 Å². The Hall–Kier alpha value is -2.67. The third kappa shape index (κ3) is 5.08. The molecule has 0 radical (unpaired) electrons. The molecule has 0 fully saturated rings. The molecule has 13 heteroatoms. The standard InChI is InChI=1S/C17H20F3NO8S/c1-4-28-13(22)12(14(23)29-5-2)16(15(24)27-3,17(18,19)20)21-30(25,26)11-9-7-6-8-10-11/h6-10,12,21H,4-5H2,1-3H3/t16-/m1/s1. The van der Waals surface area contributed by atoms with Gasteiger partial charge >= 0.3 is 24.1 Å². The first-order valence-electron chi connectivity index (χ1n) is 8.46. The second kappa shape index (κ2) is 9.89. The van der Waals surface area contributed by atoms with Gasteiger partial charge in [0.05, 0.1) is 25.2 Å². The van der Waals surface area contributed by atoms with Crippen LogP contribution in [0.3, 0.4) is 0 Å². The van der Waals surface area contributed by atoms with Crippen molar-refractivity contribution >= 4 is 27.9 Å². The molecule has 1 aromatic carbocycles. The van der Waals surface area contributed by atoms with E-state index < -0.39 is 63.7 Å². The molecule has 30 heavy (non-hydrogen) atoms. The number of alkyl halides is 3. The molecule has 0 bridgehead atoms. The first kappa shape index (κ1) is 25.4. The summed E-state index contributed by atoms with van der Waals surface area (Å²) in [5.74, 6) is -8.96. The van der Waals surface area contributed by atoms with Gasteiger partial charge in [0.15, 0.2) is 5.92 Å². The minimum absolute atomic E-state index is 0.463. The second-order valence-corrected chi connectivity index (χ2v) is 7.34. The SMILES string of the molecule is CCOC(=O)C(C(=O)OCC)[C@@](NS(=O)(=O)c1ccccc1)(C(=O)OC)C(F)(F)F. The molecule has 0 aliphatic carbocycles. The summed E-state index contributed by atoms with van der Waals surface area (Å²) in [6, 6.07) is 5.73. The number of sulfonamides is 1. The van der Waals surface area contributed by atoms with Crippen molar-refractivity contribution in [3.05, 3.63) is 30.3 Å². The fourth-order valence-corrected chi connectivity index (χ4v) is 3.86. The normalized spacial score (nSPS) is 14.0. The first-order chi connectivity index (χ1) is 13.9. The summed E-state index contributed by atoms with van der Waals surface area (Å²) in [4.78, 5) is 36.4. The summed E-state index contributed by atoms with van der Waals surface area (Å²) >= 11 is 0. The van der Waals surface area contributed by atoms with Crippen LogP contribution in [0.15, 0.2) is 35.2 Å². The number of ether oxygens (including phenoxy) is 3. The lowest BCUT2D eigenvalue weighted by molar-refractivity contribution is -0.227. The number of nitrogens with one attached hydrogen (secondary N) is 1. The van der Waals surface area contributed by atoms with Gasteiger partial charge in [-0.05, 0) is 26.0 Å². The predicted molar refractivity (Wildman–Crippen MR) is 94.3 cm³/mol. The molecule has 0 amide bonds. The summed E-state index contributed by atoms with van der Waals surface area (Å²) in [5.41, 5.74) is -4.35. The molecule has 0 aromatic heterocycles. The minimum Gasteiger partial charge on any atom is -0.467 e. The Kier molecular flexibility index (Phi) is 8.36. The maximum Gasteiger partial charge on any atom is 0.419 e. The Bertz CT molecular complexity index is 855. The maximum atomic E-state index is 14.3. The van der Waals surface area contributed by atoms with Crippen molar-refractivity contribution in [3.8, 4) is 0 Å². The number of halogens is 3. The van der Waals surface area contributed by atoms with Crippen LogP contribution in [0.25, 0.3) is 0 Å². The third-order valence-electron chi connectivity index (χ3n) is 3.78. The van der Waals surface area contributed by atoms with Crippen molar-refractivity contribution in [1.82, 2.24) is 4.72 Å². The Morgan fingerprint density at radius 3 is 1.83 bits per heavy atom. The first-order valence-corrected chi connectivity index (χ1v) is 9.94. The van der Waals surface area contributed by atoms with Crippen LogP contribution < -0.4 is 4.72 Å². The van der Waals surface area contributed by atoms with E-state index in [2.05, 4.69) is 14.2 Å². The van der Waals surface area contributed by atoms with E-state index in [1.807, 2.05) is 0 Å². The van der Waals surface area contributed by atoms with E-state index in [1.165, 1.54) is 32.0 Å². The highest BCUT2D eigenvalue weighted by Crippen LogP contribution is 2.40. The van der Waals surface area contributed by atoms with E-state index in [0.29, 0.717) is 7.11 Å². The highest BCUT2D eigenvalue weighted by Gasteiger charge is 2.72. The number of carbonyl (C=O) groups excluding carboxylic acids is 3. The number of methoxy groups -OCH3 is 1. The molecule has 0 unspecified atom stereocenters. The summed E-state index contributed by atoms with van der Waals surface area (Å²) < 4.78 is 82.4. The average Bonchev–Trinajstić information content (AvgIpc) is 2.66. The number of rotatable bonds is 9. The smallest absolute Gasteiger partial charge is 0.419 e. The van der Waals surface area contributed by atoms with Crippen LogP contribution >= 0.6 is 0 Å². The average molecular weight is 455 g/mol. The van der Waals surface area contributed by atoms with Gasteiger partial charge in [0, 0.05) is 0 Å². The molecular formula is C17H20F3NO8S. The van der Waals surface area contributed by atoms with Crippen LogP contribution in [-0.4, -0.2) is 58.4 Å². The van der Waals surface area contributed by atoms with Crippen LogP contribution in [0, 0.1) is 5.92 Å². The van der Waals surface area contributed by atoms with Crippen LogP contribution in [0.4, 0.5) is 13.2 Å². The van der Waals surface area contributed by atoms with Crippen molar-refractivity contribution in [1.29, 1.82) is 0 Å². The van der Waals surface area contributed by atoms with E-state index in [9.17, 15) is 36.0 Å². The second-order valence-electron chi connectivity index (χ2n) is 5.65. The zero-order valence-electron chi connectivity index (χ0n) is 16.2. The lowest BCUT2D eigenvalue weighted by Crippen LogP contribution is -2.71. The van der Waals surface area contributed by atoms with Crippen LogP contribution in [0.5, 0.6) is 0 Å². The van der Waals surface area contributed by atoms with Gasteiger partial charge in [-0.2, -0.15) is 17.9 Å². The monoisotopic (exact) mass is 455 g/mol.